The summed E-state index contributed by atoms with van der Waals surface area (Å²) in [5.41, 5.74) is 4.54. The molecule has 2 aromatic rings. The number of likely N-dealkylation sites (tertiary alicyclic amines) is 1. The van der Waals surface area contributed by atoms with E-state index in [1.54, 1.807) is 0 Å². The van der Waals surface area contributed by atoms with Crippen molar-refractivity contribution in [2.75, 3.05) is 19.6 Å². The molecule has 122 valence electrons. The highest BCUT2D eigenvalue weighted by Crippen LogP contribution is 2.19. The van der Waals surface area contributed by atoms with Gasteiger partial charge in [-0.05, 0) is 43.4 Å². The molecule has 23 heavy (non-hydrogen) atoms. The number of carbonyl (C=O) groups excluding carboxylic acids is 1. The van der Waals surface area contributed by atoms with Crippen molar-refractivity contribution in [3.63, 3.8) is 0 Å². The van der Waals surface area contributed by atoms with Crippen LogP contribution in [0.25, 0.3) is 11.0 Å². The van der Waals surface area contributed by atoms with Gasteiger partial charge in [0.25, 0.3) is 0 Å². The number of aromatic nitrogens is 2. The first kappa shape index (κ1) is 15.6. The summed E-state index contributed by atoms with van der Waals surface area (Å²) >= 11 is 0. The maximum absolute atomic E-state index is 12.1. The number of rotatable bonds is 4. The molecule has 1 aromatic carbocycles. The predicted octanol–water partition coefficient (Wildman–Crippen LogP) is 2.94. The molecule has 5 heteroatoms. The number of nitrogens with one attached hydrogen (secondary N) is 2. The number of carbonyl (C=O) groups is 1. The fourth-order valence-electron chi connectivity index (χ4n) is 3.05. The second kappa shape index (κ2) is 6.44. The molecule has 2 N–H and O–H groups in total. The van der Waals surface area contributed by atoms with Crippen molar-refractivity contribution in [2.45, 2.75) is 26.7 Å². The molecule has 1 aromatic heterocycles. The maximum Gasteiger partial charge on any atom is 0.317 e. The minimum Gasteiger partial charge on any atom is -0.342 e. The fourth-order valence-corrected chi connectivity index (χ4v) is 3.05. The van der Waals surface area contributed by atoms with Crippen LogP contribution in [0.2, 0.25) is 0 Å². The van der Waals surface area contributed by atoms with Crippen LogP contribution in [0.15, 0.2) is 24.8 Å². The summed E-state index contributed by atoms with van der Waals surface area (Å²) in [6.07, 6.45) is 3.66. The van der Waals surface area contributed by atoms with E-state index in [1.807, 2.05) is 11.0 Å². The van der Waals surface area contributed by atoms with Gasteiger partial charge in [-0.25, -0.2) is 9.78 Å². The second-order valence-corrected chi connectivity index (χ2v) is 6.30. The zero-order valence-corrected chi connectivity index (χ0v) is 13.9. The molecule has 1 saturated heterocycles. The highest BCUT2D eigenvalue weighted by molar-refractivity contribution is 5.80. The Morgan fingerprint density at radius 3 is 3.09 bits per heavy atom. The average molecular weight is 312 g/mol. The number of nitrogens with zero attached hydrogens (tertiary/aromatic N) is 2. The summed E-state index contributed by atoms with van der Waals surface area (Å²) in [7, 11) is 0. The van der Waals surface area contributed by atoms with E-state index in [2.05, 4.69) is 47.8 Å². The first-order valence-corrected chi connectivity index (χ1v) is 8.18. The van der Waals surface area contributed by atoms with Gasteiger partial charge in [0.2, 0.25) is 0 Å². The number of fused-ring (bicyclic) bond motifs is 1. The Labute approximate surface area is 136 Å². The lowest BCUT2D eigenvalue weighted by molar-refractivity contribution is 0.208. The number of urea groups is 1. The Morgan fingerprint density at radius 2 is 2.35 bits per heavy atom. The average Bonchev–Trinajstić information content (AvgIpc) is 3.18. The molecule has 2 heterocycles. The molecule has 3 rings (SSSR count). The van der Waals surface area contributed by atoms with E-state index in [0.29, 0.717) is 18.9 Å². The predicted molar refractivity (Wildman–Crippen MR) is 92.5 cm³/mol. The maximum atomic E-state index is 12.1. The highest BCUT2D eigenvalue weighted by atomic mass is 16.2. The Bertz CT molecular complexity index is 734. The van der Waals surface area contributed by atoms with E-state index >= 15 is 0 Å². The number of amides is 2. The molecule has 0 saturated carbocycles. The topological polar surface area (TPSA) is 61.0 Å². The standard InChI is InChI=1S/C18H24N4O/c1-4-14-8-10-22(11-14)18(23)19-9-7-16-20-15-6-5-12(2)13(3)17(15)21-16/h4-6,14H,1,7-11H2,2-3H3,(H,19,23)(H,20,21). The van der Waals surface area contributed by atoms with Crippen LogP contribution in [0, 0.1) is 19.8 Å². The Morgan fingerprint density at radius 1 is 1.52 bits per heavy atom. The number of aryl methyl sites for hydroxylation is 2. The summed E-state index contributed by atoms with van der Waals surface area (Å²) in [6, 6.07) is 4.18. The normalized spacial score (nSPS) is 17.7. The zero-order chi connectivity index (χ0) is 16.4. The Kier molecular flexibility index (Phi) is 4.37. The fraction of sp³-hybridized carbons (Fsp3) is 0.444. The third-order valence-corrected chi connectivity index (χ3v) is 4.71. The number of imidazole rings is 1. The minimum absolute atomic E-state index is 0.0116. The van der Waals surface area contributed by atoms with E-state index < -0.39 is 0 Å². The molecular formula is C18H24N4O. The van der Waals surface area contributed by atoms with Crippen LogP contribution >= 0.6 is 0 Å². The van der Waals surface area contributed by atoms with Gasteiger partial charge < -0.3 is 15.2 Å². The Balaban J connectivity index is 1.56. The SMILES string of the molecule is C=CC1CCN(C(=O)NCCc2nc3c(C)c(C)ccc3[nH]2)C1. The zero-order valence-electron chi connectivity index (χ0n) is 13.9. The Hall–Kier alpha value is -2.30. The molecule has 1 fully saturated rings. The first-order chi connectivity index (χ1) is 11.1. The van der Waals surface area contributed by atoms with Crippen molar-refractivity contribution in [2.24, 2.45) is 5.92 Å². The lowest BCUT2D eigenvalue weighted by Gasteiger charge is -2.16. The smallest absolute Gasteiger partial charge is 0.317 e. The van der Waals surface area contributed by atoms with E-state index in [1.165, 1.54) is 11.1 Å². The van der Waals surface area contributed by atoms with E-state index in [4.69, 9.17) is 0 Å². The molecule has 2 amide bonds. The summed E-state index contributed by atoms with van der Waals surface area (Å²) in [5.74, 6) is 1.35. The van der Waals surface area contributed by atoms with Gasteiger partial charge in [0, 0.05) is 26.1 Å². The number of hydrogen-bond donors (Lipinski definition) is 2. The van der Waals surface area contributed by atoms with Crippen LogP contribution in [0.1, 0.15) is 23.4 Å². The molecule has 5 nitrogen and oxygen atoms in total. The molecule has 0 aliphatic carbocycles. The first-order valence-electron chi connectivity index (χ1n) is 8.18. The van der Waals surface area contributed by atoms with Crippen LogP contribution in [-0.2, 0) is 6.42 Å². The van der Waals surface area contributed by atoms with Crippen LogP contribution in [0.3, 0.4) is 0 Å². The molecule has 1 aliphatic rings. The number of aromatic amines is 1. The van der Waals surface area contributed by atoms with Gasteiger partial charge in [-0.2, -0.15) is 0 Å². The molecule has 0 bridgehead atoms. The van der Waals surface area contributed by atoms with Crippen LogP contribution in [0.4, 0.5) is 4.79 Å². The van der Waals surface area contributed by atoms with Gasteiger partial charge in [0.1, 0.15) is 5.82 Å². The van der Waals surface area contributed by atoms with Crippen molar-refractivity contribution in [1.29, 1.82) is 0 Å². The third-order valence-electron chi connectivity index (χ3n) is 4.71. The van der Waals surface area contributed by atoms with Crippen molar-refractivity contribution >= 4 is 17.1 Å². The summed E-state index contributed by atoms with van der Waals surface area (Å²) in [4.78, 5) is 22.0. The quantitative estimate of drug-likeness (QED) is 0.853. The van der Waals surface area contributed by atoms with E-state index in [9.17, 15) is 4.79 Å². The monoisotopic (exact) mass is 312 g/mol. The summed E-state index contributed by atoms with van der Waals surface area (Å²) in [5, 5.41) is 2.98. The molecule has 0 spiro atoms. The largest absolute Gasteiger partial charge is 0.342 e. The number of hydrogen-bond acceptors (Lipinski definition) is 2. The van der Waals surface area contributed by atoms with Gasteiger partial charge in [0.05, 0.1) is 11.0 Å². The van der Waals surface area contributed by atoms with Gasteiger partial charge in [-0.3, -0.25) is 0 Å². The molecule has 0 radical (unpaired) electrons. The summed E-state index contributed by atoms with van der Waals surface area (Å²) < 4.78 is 0. The van der Waals surface area contributed by atoms with Gasteiger partial charge in [-0.1, -0.05) is 12.1 Å². The van der Waals surface area contributed by atoms with Crippen LogP contribution in [0.5, 0.6) is 0 Å². The second-order valence-electron chi connectivity index (χ2n) is 6.30. The molecule has 1 aliphatic heterocycles. The van der Waals surface area contributed by atoms with Gasteiger partial charge >= 0.3 is 6.03 Å². The number of H-pyrrole nitrogens is 1. The highest BCUT2D eigenvalue weighted by Gasteiger charge is 2.23. The minimum atomic E-state index is 0.0116. The van der Waals surface area contributed by atoms with Crippen molar-refractivity contribution in [3.05, 3.63) is 41.7 Å². The van der Waals surface area contributed by atoms with Crippen LogP contribution in [-0.4, -0.2) is 40.5 Å². The molecule has 1 unspecified atom stereocenters. The molecular weight excluding hydrogens is 288 g/mol. The lowest BCUT2D eigenvalue weighted by Crippen LogP contribution is -2.39. The number of benzene rings is 1. The van der Waals surface area contributed by atoms with Crippen molar-refractivity contribution in [1.82, 2.24) is 20.2 Å². The summed E-state index contributed by atoms with van der Waals surface area (Å²) in [6.45, 7) is 10.2. The van der Waals surface area contributed by atoms with E-state index in [-0.39, 0.29) is 6.03 Å². The molecule has 1 atom stereocenters. The van der Waals surface area contributed by atoms with Gasteiger partial charge in [0.15, 0.2) is 0 Å². The van der Waals surface area contributed by atoms with Crippen molar-refractivity contribution in [3.8, 4) is 0 Å². The van der Waals surface area contributed by atoms with E-state index in [0.717, 1.165) is 36.4 Å². The third kappa shape index (κ3) is 3.23. The van der Waals surface area contributed by atoms with Crippen molar-refractivity contribution < 1.29 is 4.79 Å². The lowest BCUT2D eigenvalue weighted by atomic mass is 10.1. The van der Waals surface area contributed by atoms with Gasteiger partial charge in [-0.15, -0.1) is 6.58 Å². The van der Waals surface area contributed by atoms with Crippen LogP contribution < -0.4 is 5.32 Å².